The van der Waals surface area contributed by atoms with Crippen LogP contribution >= 0.6 is 15.9 Å². The van der Waals surface area contributed by atoms with Crippen molar-refractivity contribution in [2.24, 2.45) is 0 Å². The number of carbonyl (C=O) groups excluding carboxylic acids is 1. The number of piperidine rings is 1. The van der Waals surface area contributed by atoms with E-state index < -0.39 is 0 Å². The first-order valence-corrected chi connectivity index (χ1v) is 7.50. The van der Waals surface area contributed by atoms with Gasteiger partial charge in [0.15, 0.2) is 0 Å². The van der Waals surface area contributed by atoms with E-state index in [0.29, 0.717) is 6.04 Å². The Labute approximate surface area is 117 Å². The molecule has 1 fully saturated rings. The van der Waals surface area contributed by atoms with Crippen LogP contribution in [0.2, 0.25) is 0 Å². The Kier molecular flexibility index (Phi) is 4.44. The Hall–Kier alpha value is -0.830. The third-order valence-electron chi connectivity index (χ3n) is 3.79. The van der Waals surface area contributed by atoms with Gasteiger partial charge in [-0.2, -0.15) is 0 Å². The summed E-state index contributed by atoms with van der Waals surface area (Å²) < 4.78 is 0.974. The number of rotatable bonds is 2. The third kappa shape index (κ3) is 2.77. The molecule has 1 aliphatic heterocycles. The Morgan fingerprint density at radius 3 is 2.94 bits per heavy atom. The van der Waals surface area contributed by atoms with Crippen LogP contribution in [0.1, 0.15) is 48.5 Å². The molecule has 1 heterocycles. The minimum atomic E-state index is 0.195. The van der Waals surface area contributed by atoms with E-state index in [0.717, 1.165) is 41.4 Å². The van der Waals surface area contributed by atoms with Gasteiger partial charge < -0.3 is 4.90 Å². The van der Waals surface area contributed by atoms with E-state index >= 15 is 0 Å². The highest BCUT2D eigenvalue weighted by atomic mass is 79.9. The Morgan fingerprint density at radius 2 is 2.22 bits per heavy atom. The molecule has 0 bridgehead atoms. The van der Waals surface area contributed by atoms with E-state index in [9.17, 15) is 4.79 Å². The molecule has 1 atom stereocenters. The maximum Gasteiger partial charge on any atom is 0.254 e. The summed E-state index contributed by atoms with van der Waals surface area (Å²) in [7, 11) is 0. The van der Waals surface area contributed by atoms with Gasteiger partial charge in [0.2, 0.25) is 0 Å². The number of aryl methyl sites for hydroxylation is 1. The van der Waals surface area contributed by atoms with Crippen LogP contribution in [0.3, 0.4) is 0 Å². The molecule has 1 amide bonds. The molecule has 1 aliphatic rings. The minimum Gasteiger partial charge on any atom is -0.336 e. The normalized spacial score (nSPS) is 19.9. The van der Waals surface area contributed by atoms with E-state index in [2.05, 4.69) is 27.8 Å². The van der Waals surface area contributed by atoms with Crippen LogP contribution in [-0.4, -0.2) is 23.4 Å². The second-order valence-corrected chi connectivity index (χ2v) is 5.93. The highest BCUT2D eigenvalue weighted by molar-refractivity contribution is 9.10. The van der Waals surface area contributed by atoms with Gasteiger partial charge in [0.1, 0.15) is 0 Å². The van der Waals surface area contributed by atoms with Crippen LogP contribution in [0.5, 0.6) is 0 Å². The molecule has 1 saturated heterocycles. The molecule has 98 valence electrons. The minimum absolute atomic E-state index is 0.195. The lowest BCUT2D eigenvalue weighted by atomic mass is 9.98. The molecular weight excluding hydrogens is 290 g/mol. The molecule has 18 heavy (non-hydrogen) atoms. The van der Waals surface area contributed by atoms with Gasteiger partial charge in [-0.05, 0) is 50.3 Å². The molecule has 1 aromatic carbocycles. The molecule has 0 saturated carbocycles. The van der Waals surface area contributed by atoms with Gasteiger partial charge in [0, 0.05) is 22.6 Å². The Morgan fingerprint density at radius 1 is 1.44 bits per heavy atom. The first kappa shape index (κ1) is 13.6. The summed E-state index contributed by atoms with van der Waals surface area (Å²) >= 11 is 3.45. The third-order valence-corrected chi connectivity index (χ3v) is 4.28. The van der Waals surface area contributed by atoms with E-state index in [1.54, 1.807) is 0 Å². The molecule has 1 aromatic rings. The average Bonchev–Trinajstić information content (AvgIpc) is 2.40. The number of likely N-dealkylation sites (tertiary alicyclic amines) is 1. The smallest absolute Gasteiger partial charge is 0.254 e. The maximum atomic E-state index is 12.6. The fourth-order valence-corrected chi connectivity index (χ4v) is 3.03. The van der Waals surface area contributed by atoms with Crippen LogP contribution in [0.15, 0.2) is 22.7 Å². The summed E-state index contributed by atoms with van der Waals surface area (Å²) in [5.41, 5.74) is 1.90. The van der Waals surface area contributed by atoms with Crippen molar-refractivity contribution in [3.63, 3.8) is 0 Å². The highest BCUT2D eigenvalue weighted by Crippen LogP contribution is 2.24. The summed E-state index contributed by atoms with van der Waals surface area (Å²) in [5, 5.41) is 0. The van der Waals surface area contributed by atoms with Crippen molar-refractivity contribution in [3.8, 4) is 0 Å². The van der Waals surface area contributed by atoms with Crippen molar-refractivity contribution in [1.29, 1.82) is 0 Å². The number of benzene rings is 1. The zero-order valence-corrected chi connectivity index (χ0v) is 12.7. The van der Waals surface area contributed by atoms with Crippen molar-refractivity contribution in [2.75, 3.05) is 6.54 Å². The van der Waals surface area contributed by atoms with Crippen LogP contribution in [0.25, 0.3) is 0 Å². The van der Waals surface area contributed by atoms with Gasteiger partial charge in [0.25, 0.3) is 5.91 Å². The fraction of sp³-hybridized carbons (Fsp3) is 0.533. The molecular formula is C15H20BrNO. The first-order valence-electron chi connectivity index (χ1n) is 6.70. The molecule has 0 spiro atoms. The zero-order valence-electron chi connectivity index (χ0n) is 11.1. The van der Waals surface area contributed by atoms with Gasteiger partial charge in [-0.25, -0.2) is 0 Å². The number of carbonyl (C=O) groups is 1. The first-order chi connectivity index (χ1) is 8.63. The molecule has 0 aromatic heterocycles. The Bertz CT molecular complexity index is 444. The van der Waals surface area contributed by atoms with E-state index in [1.165, 1.54) is 6.42 Å². The predicted octanol–water partition coefficient (Wildman–Crippen LogP) is 4.16. The van der Waals surface area contributed by atoms with E-state index in [-0.39, 0.29) is 5.91 Å². The number of nitrogens with zero attached hydrogens (tertiary/aromatic N) is 1. The monoisotopic (exact) mass is 309 g/mol. The molecule has 3 heteroatoms. The molecule has 0 N–H and O–H groups in total. The van der Waals surface area contributed by atoms with Crippen molar-refractivity contribution in [1.82, 2.24) is 4.90 Å². The summed E-state index contributed by atoms with van der Waals surface area (Å²) in [4.78, 5) is 14.7. The van der Waals surface area contributed by atoms with Crippen molar-refractivity contribution in [2.45, 2.75) is 45.6 Å². The highest BCUT2D eigenvalue weighted by Gasteiger charge is 2.26. The van der Waals surface area contributed by atoms with Crippen LogP contribution in [0, 0.1) is 6.92 Å². The molecule has 1 unspecified atom stereocenters. The molecule has 2 nitrogen and oxygen atoms in total. The number of hydrogen-bond donors (Lipinski definition) is 0. The van der Waals surface area contributed by atoms with E-state index in [4.69, 9.17) is 0 Å². The average molecular weight is 310 g/mol. The number of amides is 1. The van der Waals surface area contributed by atoms with Crippen LogP contribution in [0.4, 0.5) is 0 Å². The summed E-state index contributed by atoms with van der Waals surface area (Å²) in [6, 6.07) is 6.35. The second kappa shape index (κ2) is 5.87. The van der Waals surface area contributed by atoms with Gasteiger partial charge in [0.05, 0.1) is 0 Å². The number of halogens is 1. The lowest BCUT2D eigenvalue weighted by Crippen LogP contribution is -2.43. The van der Waals surface area contributed by atoms with E-state index in [1.807, 2.05) is 25.1 Å². The molecule has 2 rings (SSSR count). The largest absolute Gasteiger partial charge is 0.336 e. The van der Waals surface area contributed by atoms with Crippen LogP contribution < -0.4 is 0 Å². The molecule has 0 radical (unpaired) electrons. The summed E-state index contributed by atoms with van der Waals surface area (Å²) in [6.07, 6.45) is 4.59. The van der Waals surface area contributed by atoms with Crippen molar-refractivity contribution < 1.29 is 4.79 Å². The predicted molar refractivity (Wildman–Crippen MR) is 77.8 cm³/mol. The van der Waals surface area contributed by atoms with Crippen LogP contribution in [-0.2, 0) is 0 Å². The quantitative estimate of drug-likeness (QED) is 0.803. The molecule has 0 aliphatic carbocycles. The standard InChI is InChI=1S/C15H20BrNO/c1-3-13-6-4-5-9-17(13)15(18)14-10-12(16)8-7-11(14)2/h7-8,10,13H,3-6,9H2,1-2H3. The Balaban J connectivity index is 2.26. The summed E-state index contributed by atoms with van der Waals surface area (Å²) in [6.45, 7) is 5.08. The topological polar surface area (TPSA) is 20.3 Å². The summed E-state index contributed by atoms with van der Waals surface area (Å²) in [5.74, 6) is 0.195. The van der Waals surface area contributed by atoms with Gasteiger partial charge in [-0.3, -0.25) is 4.79 Å². The maximum absolute atomic E-state index is 12.6. The van der Waals surface area contributed by atoms with Crippen molar-refractivity contribution in [3.05, 3.63) is 33.8 Å². The lowest BCUT2D eigenvalue weighted by Gasteiger charge is -2.35. The second-order valence-electron chi connectivity index (χ2n) is 5.02. The fourth-order valence-electron chi connectivity index (χ4n) is 2.67. The van der Waals surface area contributed by atoms with Gasteiger partial charge in [-0.15, -0.1) is 0 Å². The lowest BCUT2D eigenvalue weighted by molar-refractivity contribution is 0.0607. The number of hydrogen-bond acceptors (Lipinski definition) is 1. The zero-order chi connectivity index (χ0) is 13.1. The SMILES string of the molecule is CCC1CCCCN1C(=O)c1cc(Br)ccc1C. The van der Waals surface area contributed by atoms with Gasteiger partial charge in [-0.1, -0.05) is 28.9 Å². The van der Waals surface area contributed by atoms with Gasteiger partial charge >= 0.3 is 0 Å². The van der Waals surface area contributed by atoms with Crippen molar-refractivity contribution >= 4 is 21.8 Å².